The van der Waals surface area contributed by atoms with Crippen molar-refractivity contribution in [2.24, 2.45) is 5.14 Å². The van der Waals surface area contributed by atoms with E-state index >= 15 is 0 Å². The van der Waals surface area contributed by atoms with Crippen molar-refractivity contribution in [2.45, 2.75) is 18.7 Å². The van der Waals surface area contributed by atoms with Crippen molar-refractivity contribution in [3.8, 4) is 5.75 Å². The van der Waals surface area contributed by atoms with Crippen molar-refractivity contribution in [3.63, 3.8) is 0 Å². The van der Waals surface area contributed by atoms with Crippen LogP contribution in [0.4, 0.5) is 11.4 Å². The number of primary sulfonamides is 1. The van der Waals surface area contributed by atoms with Crippen molar-refractivity contribution in [1.82, 2.24) is 0 Å². The molecular weight excluding hydrogens is 346 g/mol. The van der Waals surface area contributed by atoms with Crippen LogP contribution in [0.25, 0.3) is 0 Å². The van der Waals surface area contributed by atoms with E-state index in [9.17, 15) is 8.42 Å². The standard InChI is InChI=1S/C16H19N3O3S2/c1-10-8-14(24(17,20)21)9-15(11(10)2)19-16(23)18-12-4-6-13(22-3)7-5-12/h4-9H,1-3H3,(H2,17,20,21)(H2,18,19,23). The molecule has 0 amide bonds. The summed E-state index contributed by atoms with van der Waals surface area (Å²) in [6, 6.07) is 10.3. The first-order valence-electron chi connectivity index (χ1n) is 7.07. The van der Waals surface area contributed by atoms with E-state index in [0.717, 1.165) is 22.6 Å². The number of hydrogen-bond donors (Lipinski definition) is 3. The van der Waals surface area contributed by atoms with E-state index < -0.39 is 10.0 Å². The fourth-order valence-electron chi connectivity index (χ4n) is 2.08. The summed E-state index contributed by atoms with van der Waals surface area (Å²) in [7, 11) is -2.19. The number of ether oxygens (including phenoxy) is 1. The highest BCUT2D eigenvalue weighted by atomic mass is 32.2. The maximum absolute atomic E-state index is 11.6. The van der Waals surface area contributed by atoms with Crippen molar-refractivity contribution in [2.75, 3.05) is 17.7 Å². The molecule has 2 rings (SSSR count). The molecule has 2 aromatic carbocycles. The summed E-state index contributed by atoms with van der Waals surface area (Å²) in [5.41, 5.74) is 3.06. The Kier molecular flexibility index (Phi) is 5.43. The zero-order valence-corrected chi connectivity index (χ0v) is 15.2. The Morgan fingerprint density at radius 1 is 1.12 bits per heavy atom. The molecule has 0 aromatic heterocycles. The highest BCUT2D eigenvalue weighted by Gasteiger charge is 2.13. The number of thiocarbonyl (C=S) groups is 1. The molecule has 8 heteroatoms. The second kappa shape index (κ2) is 7.16. The predicted molar refractivity (Wildman–Crippen MR) is 100 cm³/mol. The Labute approximate surface area is 147 Å². The van der Waals surface area contributed by atoms with Gasteiger partial charge in [0.15, 0.2) is 5.11 Å². The molecular formula is C16H19N3O3S2. The molecule has 0 saturated carbocycles. The maximum Gasteiger partial charge on any atom is 0.238 e. The average Bonchev–Trinajstić information content (AvgIpc) is 2.51. The van der Waals surface area contributed by atoms with Gasteiger partial charge in [0.25, 0.3) is 0 Å². The molecule has 0 radical (unpaired) electrons. The molecule has 0 aliphatic heterocycles. The highest BCUT2D eigenvalue weighted by Crippen LogP contribution is 2.24. The molecule has 0 saturated heterocycles. The predicted octanol–water partition coefficient (Wildman–Crippen LogP) is 2.77. The monoisotopic (exact) mass is 365 g/mol. The summed E-state index contributed by atoms with van der Waals surface area (Å²) >= 11 is 5.28. The Bertz CT molecular complexity index is 863. The third-order valence-corrected chi connectivity index (χ3v) is 4.66. The number of nitrogens with one attached hydrogen (secondary N) is 2. The lowest BCUT2D eigenvalue weighted by atomic mass is 10.1. The Hall–Kier alpha value is -2.16. The van der Waals surface area contributed by atoms with Crippen LogP contribution in [0.3, 0.4) is 0 Å². The van der Waals surface area contributed by atoms with Gasteiger partial charge in [-0.3, -0.25) is 0 Å². The number of sulfonamides is 1. The molecule has 128 valence electrons. The molecule has 0 aliphatic rings. The molecule has 0 unspecified atom stereocenters. The van der Waals surface area contributed by atoms with E-state index in [1.807, 2.05) is 38.1 Å². The van der Waals surface area contributed by atoms with Gasteiger partial charge in [0.05, 0.1) is 12.0 Å². The van der Waals surface area contributed by atoms with Gasteiger partial charge < -0.3 is 15.4 Å². The van der Waals surface area contributed by atoms with Gasteiger partial charge in [0.2, 0.25) is 10.0 Å². The van der Waals surface area contributed by atoms with Gasteiger partial charge in [-0.2, -0.15) is 0 Å². The summed E-state index contributed by atoms with van der Waals surface area (Å²) in [6.07, 6.45) is 0. The Balaban J connectivity index is 2.20. The van der Waals surface area contributed by atoms with Crippen LogP contribution in [0.2, 0.25) is 0 Å². The SMILES string of the molecule is COc1ccc(NC(=S)Nc2cc(S(N)(=O)=O)cc(C)c2C)cc1. The second-order valence-electron chi connectivity index (χ2n) is 5.27. The van der Waals surface area contributed by atoms with E-state index in [-0.39, 0.29) is 4.90 Å². The van der Waals surface area contributed by atoms with Gasteiger partial charge in [-0.15, -0.1) is 0 Å². The number of aryl methyl sites for hydroxylation is 1. The summed E-state index contributed by atoms with van der Waals surface area (Å²) in [4.78, 5) is 0.0420. The maximum atomic E-state index is 11.6. The van der Waals surface area contributed by atoms with Crippen LogP contribution in [-0.2, 0) is 10.0 Å². The molecule has 0 atom stereocenters. The van der Waals surface area contributed by atoms with Gasteiger partial charge in [-0.05, 0) is 73.6 Å². The van der Waals surface area contributed by atoms with Crippen LogP contribution in [-0.4, -0.2) is 20.6 Å². The number of hydrogen-bond acceptors (Lipinski definition) is 4. The van der Waals surface area contributed by atoms with Crippen molar-refractivity contribution >= 4 is 38.7 Å². The minimum Gasteiger partial charge on any atom is -0.497 e. The van der Waals surface area contributed by atoms with Crippen molar-refractivity contribution < 1.29 is 13.2 Å². The van der Waals surface area contributed by atoms with Gasteiger partial charge in [-0.1, -0.05) is 0 Å². The first kappa shape index (κ1) is 18.2. The normalized spacial score (nSPS) is 11.0. The highest BCUT2D eigenvalue weighted by molar-refractivity contribution is 7.89. The smallest absolute Gasteiger partial charge is 0.238 e. The van der Waals surface area contributed by atoms with Gasteiger partial charge >= 0.3 is 0 Å². The lowest BCUT2D eigenvalue weighted by Gasteiger charge is -2.15. The third kappa shape index (κ3) is 4.44. The zero-order chi connectivity index (χ0) is 17.9. The molecule has 0 bridgehead atoms. The molecule has 2 aromatic rings. The first-order chi connectivity index (χ1) is 11.2. The zero-order valence-electron chi connectivity index (χ0n) is 13.6. The average molecular weight is 365 g/mol. The van der Waals surface area contributed by atoms with Crippen LogP contribution in [0.15, 0.2) is 41.3 Å². The summed E-state index contributed by atoms with van der Waals surface area (Å²) < 4.78 is 28.2. The van der Waals surface area contributed by atoms with Crippen molar-refractivity contribution in [1.29, 1.82) is 0 Å². The molecule has 0 fully saturated rings. The van der Waals surface area contributed by atoms with E-state index in [4.69, 9.17) is 22.1 Å². The van der Waals surface area contributed by atoms with Crippen LogP contribution < -0.4 is 20.5 Å². The van der Waals surface area contributed by atoms with Crippen molar-refractivity contribution in [3.05, 3.63) is 47.5 Å². The van der Waals surface area contributed by atoms with E-state index in [1.165, 1.54) is 12.1 Å². The second-order valence-corrected chi connectivity index (χ2v) is 7.24. The molecule has 4 N–H and O–H groups in total. The Morgan fingerprint density at radius 3 is 2.29 bits per heavy atom. The summed E-state index contributed by atoms with van der Waals surface area (Å²) in [6.45, 7) is 3.69. The number of benzene rings is 2. The topological polar surface area (TPSA) is 93.4 Å². The number of rotatable bonds is 4. The third-order valence-electron chi connectivity index (χ3n) is 3.57. The fraction of sp³-hybridized carbons (Fsp3) is 0.188. The van der Waals surface area contributed by atoms with Crippen LogP contribution in [0, 0.1) is 13.8 Å². The molecule has 0 heterocycles. The van der Waals surface area contributed by atoms with Gasteiger partial charge in [-0.25, -0.2) is 13.6 Å². The van der Waals surface area contributed by atoms with Crippen LogP contribution in [0.5, 0.6) is 5.75 Å². The summed E-state index contributed by atoms with van der Waals surface area (Å²) in [5, 5.41) is 11.6. The Morgan fingerprint density at radius 2 is 1.75 bits per heavy atom. The van der Waals surface area contributed by atoms with Gasteiger partial charge in [0.1, 0.15) is 5.75 Å². The summed E-state index contributed by atoms with van der Waals surface area (Å²) in [5.74, 6) is 0.742. The molecule has 6 nitrogen and oxygen atoms in total. The van der Waals surface area contributed by atoms with E-state index in [1.54, 1.807) is 7.11 Å². The van der Waals surface area contributed by atoms with Gasteiger partial charge in [0, 0.05) is 11.4 Å². The first-order valence-corrected chi connectivity index (χ1v) is 9.02. The molecule has 0 spiro atoms. The lowest BCUT2D eigenvalue weighted by molar-refractivity contribution is 0.415. The molecule has 0 aliphatic carbocycles. The minimum atomic E-state index is -3.78. The fourth-order valence-corrected chi connectivity index (χ4v) is 2.93. The lowest BCUT2D eigenvalue weighted by Crippen LogP contribution is -2.20. The minimum absolute atomic E-state index is 0.0420. The van der Waals surface area contributed by atoms with Crippen LogP contribution in [0.1, 0.15) is 11.1 Å². The number of anilines is 2. The quantitative estimate of drug-likeness (QED) is 0.722. The largest absolute Gasteiger partial charge is 0.497 e. The van der Waals surface area contributed by atoms with E-state index in [0.29, 0.717) is 10.8 Å². The van der Waals surface area contributed by atoms with Crippen LogP contribution >= 0.6 is 12.2 Å². The molecule has 24 heavy (non-hydrogen) atoms. The number of nitrogens with two attached hydrogens (primary N) is 1. The van der Waals surface area contributed by atoms with E-state index in [2.05, 4.69) is 10.6 Å². The number of methoxy groups -OCH3 is 1.